The van der Waals surface area contributed by atoms with E-state index in [1.807, 2.05) is 6.07 Å². The van der Waals surface area contributed by atoms with E-state index >= 15 is 0 Å². The number of benzene rings is 2. The maximum absolute atomic E-state index is 13.5. The van der Waals surface area contributed by atoms with Crippen molar-refractivity contribution in [1.29, 1.82) is 5.26 Å². The summed E-state index contributed by atoms with van der Waals surface area (Å²) >= 11 is 5.98. The molecule has 2 N–H and O–H groups in total. The summed E-state index contributed by atoms with van der Waals surface area (Å²) in [5.74, 6) is -0.231. The van der Waals surface area contributed by atoms with Gasteiger partial charge in [0.1, 0.15) is 17.3 Å². The molecule has 0 unspecified atom stereocenters. The van der Waals surface area contributed by atoms with Crippen LogP contribution < -0.4 is 10.1 Å². The lowest BCUT2D eigenvalue weighted by atomic mass is 10.1. The molecule has 0 aliphatic heterocycles. The SMILES string of the molecule is Cc1n[nH]c(CNCc2cc(F)cc(C(F)(F)F)c2)c1Oc1cc(Cl)cc(C#N)c1. The van der Waals surface area contributed by atoms with E-state index in [1.165, 1.54) is 18.2 Å². The second-order valence-corrected chi connectivity index (χ2v) is 6.89. The Morgan fingerprint density at radius 3 is 2.63 bits per heavy atom. The van der Waals surface area contributed by atoms with Crippen LogP contribution in [0.1, 0.15) is 28.1 Å². The van der Waals surface area contributed by atoms with Gasteiger partial charge in [0.15, 0.2) is 5.75 Å². The highest BCUT2D eigenvalue weighted by Crippen LogP contribution is 2.31. The van der Waals surface area contributed by atoms with Crippen LogP contribution in [0.15, 0.2) is 36.4 Å². The standard InChI is InChI=1S/C20H15ClF4N4O/c1-11-19(30-17-5-12(8-26)3-15(21)7-17)18(29-28-11)10-27-9-13-2-14(20(23,24)25)6-16(22)4-13/h2-7,27H,9-10H2,1H3,(H,28,29). The molecule has 0 saturated heterocycles. The van der Waals surface area contributed by atoms with Crippen LogP contribution in [0, 0.1) is 24.1 Å². The van der Waals surface area contributed by atoms with E-state index in [0.717, 1.165) is 12.1 Å². The zero-order chi connectivity index (χ0) is 21.9. The van der Waals surface area contributed by atoms with Gasteiger partial charge in [0.2, 0.25) is 0 Å². The predicted molar refractivity (Wildman–Crippen MR) is 102 cm³/mol. The molecule has 30 heavy (non-hydrogen) atoms. The van der Waals surface area contributed by atoms with E-state index in [4.69, 9.17) is 21.6 Å². The summed E-state index contributed by atoms with van der Waals surface area (Å²) in [6, 6.07) is 8.90. The number of nitriles is 1. The third kappa shape index (κ3) is 5.28. The number of aryl methyl sites for hydroxylation is 1. The fourth-order valence-electron chi connectivity index (χ4n) is 2.78. The van der Waals surface area contributed by atoms with Gasteiger partial charge in [0, 0.05) is 18.1 Å². The van der Waals surface area contributed by atoms with Crippen LogP contribution in [-0.4, -0.2) is 10.2 Å². The smallest absolute Gasteiger partial charge is 0.416 e. The van der Waals surface area contributed by atoms with Crippen molar-refractivity contribution in [2.75, 3.05) is 0 Å². The minimum atomic E-state index is -4.63. The molecular weight excluding hydrogens is 424 g/mol. The van der Waals surface area contributed by atoms with Gasteiger partial charge in [0.25, 0.3) is 0 Å². The van der Waals surface area contributed by atoms with Gasteiger partial charge in [-0.25, -0.2) is 4.39 Å². The number of aromatic nitrogens is 2. The molecule has 0 atom stereocenters. The van der Waals surface area contributed by atoms with Crippen molar-refractivity contribution < 1.29 is 22.3 Å². The van der Waals surface area contributed by atoms with Crippen LogP contribution in [-0.2, 0) is 19.3 Å². The Bertz CT molecular complexity index is 1110. The number of nitrogens with one attached hydrogen (secondary N) is 2. The molecular formula is C20H15ClF4N4O. The Hall–Kier alpha value is -3.09. The molecule has 1 aromatic heterocycles. The first-order valence-electron chi connectivity index (χ1n) is 8.65. The van der Waals surface area contributed by atoms with Crippen molar-refractivity contribution >= 4 is 11.6 Å². The molecule has 1 heterocycles. The molecule has 0 bridgehead atoms. The number of halogens is 5. The van der Waals surface area contributed by atoms with E-state index in [-0.39, 0.29) is 18.7 Å². The summed E-state index contributed by atoms with van der Waals surface area (Å²) in [5.41, 5.74) is 0.489. The highest BCUT2D eigenvalue weighted by molar-refractivity contribution is 6.30. The highest BCUT2D eigenvalue weighted by atomic mass is 35.5. The average molecular weight is 439 g/mol. The summed E-state index contributed by atoms with van der Waals surface area (Å²) in [6.07, 6.45) is -4.63. The number of alkyl halides is 3. The summed E-state index contributed by atoms with van der Waals surface area (Å²) < 4.78 is 57.8. The molecule has 0 spiro atoms. The molecule has 3 aromatic rings. The van der Waals surface area contributed by atoms with Crippen LogP contribution in [0.25, 0.3) is 0 Å². The van der Waals surface area contributed by atoms with Gasteiger partial charge in [-0.05, 0) is 48.9 Å². The van der Waals surface area contributed by atoms with Gasteiger partial charge < -0.3 is 10.1 Å². The first-order valence-corrected chi connectivity index (χ1v) is 9.03. The number of aromatic amines is 1. The summed E-state index contributed by atoms with van der Waals surface area (Å²) in [5, 5.41) is 19.2. The molecule has 0 fully saturated rings. The summed E-state index contributed by atoms with van der Waals surface area (Å²) in [7, 11) is 0. The maximum atomic E-state index is 13.5. The van der Waals surface area contributed by atoms with E-state index in [2.05, 4.69) is 15.5 Å². The van der Waals surface area contributed by atoms with E-state index < -0.39 is 17.6 Å². The van der Waals surface area contributed by atoms with Crippen molar-refractivity contribution in [3.05, 3.63) is 75.3 Å². The third-order valence-corrected chi connectivity index (χ3v) is 4.32. The summed E-state index contributed by atoms with van der Waals surface area (Å²) in [4.78, 5) is 0. The molecule has 3 rings (SSSR count). The number of nitrogens with zero attached hydrogens (tertiary/aromatic N) is 2. The predicted octanol–water partition coefficient (Wildman–Crippen LogP) is 5.48. The van der Waals surface area contributed by atoms with Crippen LogP contribution in [0.3, 0.4) is 0 Å². The third-order valence-electron chi connectivity index (χ3n) is 4.10. The molecule has 0 amide bonds. The van der Waals surface area contributed by atoms with Crippen molar-refractivity contribution in [3.63, 3.8) is 0 Å². The topological polar surface area (TPSA) is 73.7 Å². The van der Waals surface area contributed by atoms with E-state index in [1.54, 1.807) is 6.92 Å². The number of H-pyrrole nitrogens is 1. The Morgan fingerprint density at radius 2 is 1.93 bits per heavy atom. The number of rotatable bonds is 6. The number of hydrogen-bond donors (Lipinski definition) is 2. The lowest BCUT2D eigenvalue weighted by Gasteiger charge is -2.11. The van der Waals surface area contributed by atoms with Crippen LogP contribution in [0.2, 0.25) is 5.02 Å². The van der Waals surface area contributed by atoms with Crippen LogP contribution in [0.5, 0.6) is 11.5 Å². The van der Waals surface area contributed by atoms with Crippen molar-refractivity contribution in [1.82, 2.24) is 15.5 Å². The molecule has 0 saturated carbocycles. The normalized spacial score (nSPS) is 11.4. The second kappa shape index (κ2) is 8.73. The quantitative estimate of drug-likeness (QED) is 0.499. The van der Waals surface area contributed by atoms with Crippen molar-refractivity contribution in [3.8, 4) is 17.6 Å². The Morgan fingerprint density at radius 1 is 1.17 bits per heavy atom. The van der Waals surface area contributed by atoms with E-state index in [0.29, 0.717) is 39.5 Å². The fourth-order valence-corrected chi connectivity index (χ4v) is 3.00. The number of hydrogen-bond acceptors (Lipinski definition) is 4. The van der Waals surface area contributed by atoms with Gasteiger partial charge >= 0.3 is 6.18 Å². The fraction of sp³-hybridized carbons (Fsp3) is 0.200. The van der Waals surface area contributed by atoms with Gasteiger partial charge in [-0.3, -0.25) is 5.10 Å². The molecule has 5 nitrogen and oxygen atoms in total. The van der Waals surface area contributed by atoms with Crippen LogP contribution in [0.4, 0.5) is 17.6 Å². The zero-order valence-corrected chi connectivity index (χ0v) is 16.3. The molecule has 10 heteroatoms. The maximum Gasteiger partial charge on any atom is 0.416 e. The summed E-state index contributed by atoms with van der Waals surface area (Å²) in [6.45, 7) is 1.86. The Labute approximate surface area is 174 Å². The molecule has 156 valence electrons. The first kappa shape index (κ1) is 21.6. The lowest BCUT2D eigenvalue weighted by molar-refractivity contribution is -0.137. The van der Waals surface area contributed by atoms with Gasteiger partial charge in [-0.1, -0.05) is 11.6 Å². The van der Waals surface area contributed by atoms with Crippen molar-refractivity contribution in [2.45, 2.75) is 26.2 Å². The largest absolute Gasteiger partial charge is 0.453 e. The Kier molecular flexibility index (Phi) is 6.29. The van der Waals surface area contributed by atoms with Gasteiger partial charge in [-0.15, -0.1) is 0 Å². The van der Waals surface area contributed by atoms with Crippen LogP contribution >= 0.6 is 11.6 Å². The van der Waals surface area contributed by atoms with Gasteiger partial charge in [-0.2, -0.15) is 23.5 Å². The highest BCUT2D eigenvalue weighted by Gasteiger charge is 2.31. The van der Waals surface area contributed by atoms with Crippen molar-refractivity contribution in [2.24, 2.45) is 0 Å². The monoisotopic (exact) mass is 438 g/mol. The first-order chi connectivity index (χ1) is 14.2. The average Bonchev–Trinajstić information content (AvgIpc) is 3.00. The molecule has 2 aromatic carbocycles. The molecule has 0 aliphatic carbocycles. The minimum absolute atomic E-state index is 0.00586. The van der Waals surface area contributed by atoms with E-state index in [9.17, 15) is 17.6 Å². The number of ether oxygens (including phenoxy) is 1. The molecule has 0 aliphatic rings. The zero-order valence-electron chi connectivity index (χ0n) is 15.6. The van der Waals surface area contributed by atoms with Gasteiger partial charge in [0.05, 0.1) is 22.9 Å². The molecule has 0 radical (unpaired) electrons. The second-order valence-electron chi connectivity index (χ2n) is 6.46. The minimum Gasteiger partial charge on any atom is -0.453 e. The Balaban J connectivity index is 1.72. The lowest BCUT2D eigenvalue weighted by Crippen LogP contribution is -2.15.